The lowest BCUT2D eigenvalue weighted by molar-refractivity contribution is 0.0987. The van der Waals surface area contributed by atoms with Crippen molar-refractivity contribution >= 4 is 6.09 Å². The summed E-state index contributed by atoms with van der Waals surface area (Å²) in [5.74, 6) is 0. The molecule has 0 saturated heterocycles. The molecule has 0 fully saturated rings. The number of hydrogen-bond acceptors (Lipinski definition) is 2. The predicted molar refractivity (Wildman–Crippen MR) is 26.1 cm³/mol. The first kappa shape index (κ1) is 7.20. The smallest absolute Gasteiger partial charge is 0.409 e. The number of amides is 1. The fraction of sp³-hybridized carbons (Fsp3) is 0.750. The second-order valence-electron chi connectivity index (χ2n) is 1.07. The van der Waals surface area contributed by atoms with Gasteiger partial charge >= 0.3 is 6.09 Å². The molecule has 0 unspecified atom stereocenters. The van der Waals surface area contributed by atoms with Crippen LogP contribution in [0.3, 0.4) is 0 Å². The molecule has 1 amide bonds. The second-order valence-corrected chi connectivity index (χ2v) is 1.07. The van der Waals surface area contributed by atoms with Crippen LogP contribution in [-0.2, 0) is 4.74 Å². The van der Waals surface area contributed by atoms with Gasteiger partial charge in [0.25, 0.3) is 0 Å². The van der Waals surface area contributed by atoms with Crippen LogP contribution >= 0.6 is 0 Å². The summed E-state index contributed by atoms with van der Waals surface area (Å²) in [7, 11) is 0. The van der Waals surface area contributed by atoms with Crippen LogP contribution in [0.4, 0.5) is 9.18 Å². The number of rotatable bonds is 2. The fourth-order valence-electron chi connectivity index (χ4n) is 0.245. The summed E-state index contributed by atoms with van der Waals surface area (Å²) in [6.07, 6.45) is -0.713. The topological polar surface area (TPSA) is 38.3 Å². The predicted octanol–water partition coefficient (Wildman–Crippen LogP) is 0.660. The van der Waals surface area contributed by atoms with E-state index in [2.05, 4.69) is 10.1 Å². The van der Waals surface area contributed by atoms with Crippen LogP contribution in [0.1, 0.15) is 6.92 Å². The van der Waals surface area contributed by atoms with Gasteiger partial charge in [0, 0.05) is 6.54 Å². The molecule has 48 valence electrons. The Labute approximate surface area is 46.8 Å². The van der Waals surface area contributed by atoms with E-state index >= 15 is 0 Å². The summed E-state index contributed by atoms with van der Waals surface area (Å²) >= 11 is 0. The minimum atomic E-state index is -1.06. The summed E-state index contributed by atoms with van der Waals surface area (Å²) in [6.45, 7) is 1.12. The minimum absolute atomic E-state index is 0.457. The SMILES string of the molecule is CCNC(=O)OCF. The van der Waals surface area contributed by atoms with Gasteiger partial charge in [-0.25, -0.2) is 9.18 Å². The third-order valence-corrected chi connectivity index (χ3v) is 0.507. The van der Waals surface area contributed by atoms with Gasteiger partial charge in [-0.1, -0.05) is 0 Å². The van der Waals surface area contributed by atoms with E-state index in [-0.39, 0.29) is 0 Å². The lowest BCUT2D eigenvalue weighted by atomic mass is 10.8. The second kappa shape index (κ2) is 4.36. The first-order chi connectivity index (χ1) is 3.81. The highest BCUT2D eigenvalue weighted by molar-refractivity contribution is 5.66. The number of alkyl halides is 1. The standard InChI is InChI=1S/C4H8FNO2/c1-2-6-4(7)8-3-5/h2-3H2,1H3,(H,6,7). The molecule has 0 atom stereocenters. The molecule has 1 N–H and O–H groups in total. The fourth-order valence-corrected chi connectivity index (χ4v) is 0.245. The molecule has 0 aromatic carbocycles. The Morgan fingerprint density at radius 3 is 2.88 bits per heavy atom. The number of hydrogen-bond donors (Lipinski definition) is 1. The molecule has 0 bridgehead atoms. The van der Waals surface area contributed by atoms with E-state index in [4.69, 9.17) is 0 Å². The zero-order chi connectivity index (χ0) is 6.41. The van der Waals surface area contributed by atoms with Crippen molar-refractivity contribution in [3.8, 4) is 0 Å². The molecule has 0 aliphatic rings. The summed E-state index contributed by atoms with van der Waals surface area (Å²) in [6, 6.07) is 0. The van der Waals surface area contributed by atoms with E-state index in [1.807, 2.05) is 0 Å². The Morgan fingerprint density at radius 1 is 1.88 bits per heavy atom. The number of nitrogens with one attached hydrogen (secondary N) is 1. The molecule has 4 heteroatoms. The lowest BCUT2D eigenvalue weighted by Crippen LogP contribution is -2.23. The van der Waals surface area contributed by atoms with Gasteiger partial charge in [-0.15, -0.1) is 0 Å². The van der Waals surface area contributed by atoms with E-state index in [1.165, 1.54) is 0 Å². The van der Waals surface area contributed by atoms with Crippen LogP contribution in [0.5, 0.6) is 0 Å². The third kappa shape index (κ3) is 3.39. The van der Waals surface area contributed by atoms with Crippen molar-refractivity contribution in [3.05, 3.63) is 0 Å². The van der Waals surface area contributed by atoms with Gasteiger partial charge in [-0.2, -0.15) is 0 Å². The van der Waals surface area contributed by atoms with Crippen molar-refractivity contribution in [2.75, 3.05) is 13.4 Å². The molecular formula is C4H8FNO2. The van der Waals surface area contributed by atoms with Crippen LogP contribution in [0.25, 0.3) is 0 Å². The first-order valence-corrected chi connectivity index (χ1v) is 2.27. The van der Waals surface area contributed by atoms with Crippen molar-refractivity contribution in [1.29, 1.82) is 0 Å². The van der Waals surface area contributed by atoms with Gasteiger partial charge < -0.3 is 10.1 Å². The van der Waals surface area contributed by atoms with Gasteiger partial charge in [0.1, 0.15) is 0 Å². The summed E-state index contributed by atoms with van der Waals surface area (Å²) in [5.41, 5.74) is 0. The highest BCUT2D eigenvalue weighted by Gasteiger charge is 1.94. The number of carbonyl (C=O) groups excluding carboxylic acids is 1. The maximum atomic E-state index is 11.1. The molecule has 0 heterocycles. The van der Waals surface area contributed by atoms with Gasteiger partial charge in [0.2, 0.25) is 6.86 Å². The lowest BCUT2D eigenvalue weighted by Gasteiger charge is -1.97. The Hall–Kier alpha value is -0.800. The Bertz CT molecular complexity index is 68.4. The normalized spacial score (nSPS) is 8.25. The molecule has 0 radical (unpaired) electrons. The molecule has 0 aliphatic carbocycles. The van der Waals surface area contributed by atoms with Crippen molar-refractivity contribution in [1.82, 2.24) is 5.32 Å². The van der Waals surface area contributed by atoms with Crippen LogP contribution in [0.2, 0.25) is 0 Å². The van der Waals surface area contributed by atoms with Crippen LogP contribution in [-0.4, -0.2) is 19.5 Å². The molecule has 3 nitrogen and oxygen atoms in total. The minimum Gasteiger partial charge on any atom is -0.418 e. The first-order valence-electron chi connectivity index (χ1n) is 2.27. The average Bonchev–Trinajstić information content (AvgIpc) is 1.68. The average molecular weight is 121 g/mol. The quantitative estimate of drug-likeness (QED) is 0.582. The van der Waals surface area contributed by atoms with Crippen LogP contribution in [0.15, 0.2) is 0 Å². The zero-order valence-electron chi connectivity index (χ0n) is 4.61. The number of alkyl carbamates (subject to hydrolysis) is 1. The van der Waals surface area contributed by atoms with Gasteiger partial charge in [0.15, 0.2) is 0 Å². The van der Waals surface area contributed by atoms with Crippen molar-refractivity contribution < 1.29 is 13.9 Å². The molecule has 8 heavy (non-hydrogen) atoms. The summed E-state index contributed by atoms with van der Waals surface area (Å²) < 4.78 is 14.9. The molecule has 0 rings (SSSR count). The third-order valence-electron chi connectivity index (χ3n) is 0.507. The van der Waals surface area contributed by atoms with Gasteiger partial charge in [-0.05, 0) is 6.92 Å². The molecule has 0 aliphatic heterocycles. The Morgan fingerprint density at radius 2 is 2.50 bits per heavy atom. The number of ether oxygens (including phenoxy) is 1. The maximum Gasteiger partial charge on any atom is 0.409 e. The Balaban J connectivity index is 3.06. The highest BCUT2D eigenvalue weighted by atomic mass is 19.1. The zero-order valence-corrected chi connectivity index (χ0v) is 4.61. The molecule has 0 spiro atoms. The monoisotopic (exact) mass is 121 g/mol. The molecule has 0 saturated carbocycles. The molecule has 0 aromatic heterocycles. The van der Waals surface area contributed by atoms with Crippen LogP contribution in [0, 0.1) is 0 Å². The van der Waals surface area contributed by atoms with E-state index < -0.39 is 13.0 Å². The number of carbonyl (C=O) groups is 1. The van der Waals surface area contributed by atoms with E-state index in [1.54, 1.807) is 6.92 Å². The summed E-state index contributed by atoms with van der Waals surface area (Å²) in [5, 5.41) is 2.25. The highest BCUT2D eigenvalue weighted by Crippen LogP contribution is 1.75. The Kier molecular flexibility index (Phi) is 3.93. The number of halogens is 1. The maximum absolute atomic E-state index is 11.1. The molecule has 0 aromatic rings. The van der Waals surface area contributed by atoms with E-state index in [0.29, 0.717) is 6.54 Å². The van der Waals surface area contributed by atoms with Crippen LogP contribution < -0.4 is 5.32 Å². The summed E-state index contributed by atoms with van der Waals surface area (Å²) in [4.78, 5) is 10.1. The van der Waals surface area contributed by atoms with Crippen molar-refractivity contribution in [3.63, 3.8) is 0 Å². The van der Waals surface area contributed by atoms with Crippen molar-refractivity contribution in [2.45, 2.75) is 6.92 Å². The van der Waals surface area contributed by atoms with Gasteiger partial charge in [0.05, 0.1) is 0 Å². The van der Waals surface area contributed by atoms with E-state index in [0.717, 1.165) is 0 Å². The molecular weight excluding hydrogens is 113 g/mol. The van der Waals surface area contributed by atoms with E-state index in [9.17, 15) is 9.18 Å². The van der Waals surface area contributed by atoms with Gasteiger partial charge in [-0.3, -0.25) is 0 Å². The van der Waals surface area contributed by atoms with Crippen molar-refractivity contribution in [2.24, 2.45) is 0 Å². The largest absolute Gasteiger partial charge is 0.418 e.